The molecule has 3 aromatic rings. The molecule has 4 nitrogen and oxygen atoms in total. The number of halogens is 1. The van der Waals surface area contributed by atoms with Crippen LogP contribution in [0.4, 0.5) is 10.1 Å². The van der Waals surface area contributed by atoms with Crippen molar-refractivity contribution in [1.29, 1.82) is 0 Å². The van der Waals surface area contributed by atoms with Crippen LogP contribution in [0.3, 0.4) is 0 Å². The second-order valence-electron chi connectivity index (χ2n) is 6.02. The average molecular weight is 352 g/mol. The van der Waals surface area contributed by atoms with Gasteiger partial charge in [-0.3, -0.25) is 4.98 Å². The number of anilines is 1. The van der Waals surface area contributed by atoms with E-state index in [1.54, 1.807) is 18.3 Å². The largest absolute Gasteiger partial charge is 0.353 e. The lowest BCUT2D eigenvalue weighted by molar-refractivity contribution is 0.541. The van der Waals surface area contributed by atoms with Crippen LogP contribution in [0, 0.1) is 5.82 Å². The summed E-state index contributed by atoms with van der Waals surface area (Å²) in [6, 6.07) is 16.2. The van der Waals surface area contributed by atoms with Crippen LogP contribution in [-0.2, 0) is 7.05 Å². The summed E-state index contributed by atoms with van der Waals surface area (Å²) in [5.74, 6) is -0.265. The Morgan fingerprint density at radius 1 is 1.08 bits per heavy atom. The molecule has 2 aromatic heterocycles. The summed E-state index contributed by atoms with van der Waals surface area (Å²) in [4.78, 5) is 6.54. The van der Waals surface area contributed by atoms with Gasteiger partial charge in [0.25, 0.3) is 0 Å². The van der Waals surface area contributed by atoms with E-state index in [0.29, 0.717) is 5.11 Å². The van der Waals surface area contributed by atoms with E-state index < -0.39 is 0 Å². The van der Waals surface area contributed by atoms with Gasteiger partial charge < -0.3 is 14.8 Å². The van der Waals surface area contributed by atoms with Crippen LogP contribution >= 0.6 is 12.2 Å². The van der Waals surface area contributed by atoms with Gasteiger partial charge in [-0.25, -0.2) is 4.39 Å². The molecule has 0 bridgehead atoms. The highest BCUT2D eigenvalue weighted by Crippen LogP contribution is 2.41. The Morgan fingerprint density at radius 3 is 2.52 bits per heavy atom. The molecule has 1 N–H and O–H groups in total. The fraction of sp³-hybridized carbons (Fsp3) is 0.158. The molecule has 4 rings (SSSR count). The fourth-order valence-electron chi connectivity index (χ4n) is 3.32. The predicted octanol–water partition coefficient (Wildman–Crippen LogP) is 3.74. The van der Waals surface area contributed by atoms with Gasteiger partial charge in [0.15, 0.2) is 5.11 Å². The summed E-state index contributed by atoms with van der Waals surface area (Å²) in [5, 5.41) is 3.99. The monoisotopic (exact) mass is 352 g/mol. The van der Waals surface area contributed by atoms with Crippen LogP contribution < -0.4 is 10.2 Å². The molecule has 2 atom stereocenters. The Bertz CT molecular complexity index is 891. The average Bonchev–Trinajstić information content (AvgIpc) is 3.19. The van der Waals surface area contributed by atoms with Crippen molar-refractivity contribution in [3.8, 4) is 0 Å². The van der Waals surface area contributed by atoms with E-state index in [1.165, 1.54) is 12.1 Å². The molecule has 1 fully saturated rings. The van der Waals surface area contributed by atoms with Crippen molar-refractivity contribution in [3.63, 3.8) is 0 Å². The zero-order valence-electron chi connectivity index (χ0n) is 13.6. The maximum absolute atomic E-state index is 13.4. The molecule has 1 saturated heterocycles. The van der Waals surface area contributed by atoms with Crippen LogP contribution in [0.15, 0.2) is 67.0 Å². The van der Waals surface area contributed by atoms with Crippen molar-refractivity contribution < 1.29 is 4.39 Å². The quantitative estimate of drug-likeness (QED) is 0.728. The van der Waals surface area contributed by atoms with Gasteiger partial charge in [-0.15, -0.1) is 0 Å². The lowest BCUT2D eigenvalue weighted by Crippen LogP contribution is -2.30. The van der Waals surface area contributed by atoms with Crippen molar-refractivity contribution in [2.45, 2.75) is 12.1 Å². The first-order valence-electron chi connectivity index (χ1n) is 8.02. The summed E-state index contributed by atoms with van der Waals surface area (Å²) in [6.07, 6.45) is 3.79. The molecule has 0 saturated carbocycles. The van der Waals surface area contributed by atoms with Gasteiger partial charge in [-0.05, 0) is 60.7 Å². The summed E-state index contributed by atoms with van der Waals surface area (Å²) in [6.45, 7) is 0. The lowest BCUT2D eigenvalue weighted by atomic mass is 10.0. The van der Waals surface area contributed by atoms with Gasteiger partial charge in [0.05, 0.1) is 11.7 Å². The Balaban J connectivity index is 1.83. The molecule has 3 heterocycles. The van der Waals surface area contributed by atoms with Crippen LogP contribution in [0.2, 0.25) is 0 Å². The number of rotatable bonds is 3. The van der Waals surface area contributed by atoms with Crippen molar-refractivity contribution in [1.82, 2.24) is 14.9 Å². The maximum Gasteiger partial charge on any atom is 0.174 e. The normalized spacial score (nSPS) is 19.9. The first-order valence-corrected chi connectivity index (χ1v) is 8.43. The minimum Gasteiger partial charge on any atom is -0.353 e. The van der Waals surface area contributed by atoms with Crippen LogP contribution in [0.5, 0.6) is 0 Å². The molecule has 1 aliphatic heterocycles. The summed E-state index contributed by atoms with van der Waals surface area (Å²) < 4.78 is 15.4. The number of benzene rings is 1. The van der Waals surface area contributed by atoms with Crippen LogP contribution in [0.1, 0.15) is 23.5 Å². The van der Waals surface area contributed by atoms with Gasteiger partial charge in [-0.2, -0.15) is 0 Å². The van der Waals surface area contributed by atoms with E-state index in [-0.39, 0.29) is 17.9 Å². The van der Waals surface area contributed by atoms with Gasteiger partial charge in [0.1, 0.15) is 11.9 Å². The molecule has 0 amide bonds. The van der Waals surface area contributed by atoms with E-state index in [9.17, 15) is 4.39 Å². The molecule has 0 spiro atoms. The molecular weight excluding hydrogens is 335 g/mol. The Morgan fingerprint density at radius 2 is 1.88 bits per heavy atom. The number of hydrogen-bond donors (Lipinski definition) is 1. The second kappa shape index (κ2) is 6.29. The molecule has 0 aliphatic carbocycles. The molecule has 126 valence electrons. The minimum absolute atomic E-state index is 0.0761. The summed E-state index contributed by atoms with van der Waals surface area (Å²) in [5.41, 5.74) is 2.87. The fourth-order valence-corrected chi connectivity index (χ4v) is 3.66. The SMILES string of the molecule is Cn1cccc1C1C(c2ccccn2)NC(=S)N1c1ccc(F)cc1. The highest BCUT2D eigenvalue weighted by atomic mass is 32.1. The third-order valence-electron chi connectivity index (χ3n) is 4.49. The first-order chi connectivity index (χ1) is 12.1. The third kappa shape index (κ3) is 2.78. The number of nitrogens with zero attached hydrogens (tertiary/aromatic N) is 3. The molecule has 6 heteroatoms. The topological polar surface area (TPSA) is 33.1 Å². The van der Waals surface area contributed by atoms with Gasteiger partial charge >= 0.3 is 0 Å². The zero-order chi connectivity index (χ0) is 17.4. The number of hydrogen-bond acceptors (Lipinski definition) is 2. The number of nitrogens with one attached hydrogen (secondary N) is 1. The van der Waals surface area contributed by atoms with E-state index in [1.807, 2.05) is 42.4 Å². The minimum atomic E-state index is -0.265. The van der Waals surface area contributed by atoms with Gasteiger partial charge in [-0.1, -0.05) is 6.07 Å². The lowest BCUT2D eigenvalue weighted by Gasteiger charge is -2.28. The number of aryl methyl sites for hydroxylation is 1. The van der Waals surface area contributed by atoms with Crippen LogP contribution in [0.25, 0.3) is 0 Å². The molecular formula is C19H17FN4S. The summed E-state index contributed by atoms with van der Waals surface area (Å²) in [7, 11) is 2.01. The van der Waals surface area contributed by atoms with E-state index in [2.05, 4.69) is 20.9 Å². The van der Waals surface area contributed by atoms with Crippen LogP contribution in [-0.4, -0.2) is 14.7 Å². The van der Waals surface area contributed by atoms with E-state index in [0.717, 1.165) is 17.1 Å². The molecule has 2 unspecified atom stereocenters. The highest BCUT2D eigenvalue weighted by Gasteiger charge is 2.41. The van der Waals surface area contributed by atoms with E-state index in [4.69, 9.17) is 12.2 Å². The van der Waals surface area contributed by atoms with Gasteiger partial charge in [0.2, 0.25) is 0 Å². The van der Waals surface area contributed by atoms with Crippen molar-refractivity contribution in [3.05, 3.63) is 84.2 Å². The highest BCUT2D eigenvalue weighted by molar-refractivity contribution is 7.80. The zero-order valence-corrected chi connectivity index (χ0v) is 14.4. The first kappa shape index (κ1) is 15.8. The third-order valence-corrected chi connectivity index (χ3v) is 4.80. The Hall–Kier alpha value is -2.73. The molecule has 25 heavy (non-hydrogen) atoms. The number of aromatic nitrogens is 2. The van der Waals surface area contributed by atoms with Crippen molar-refractivity contribution in [2.24, 2.45) is 7.05 Å². The smallest absolute Gasteiger partial charge is 0.174 e. The molecule has 1 aliphatic rings. The standard InChI is InChI=1S/C19H17FN4S/c1-23-12-4-6-16(23)18-17(15-5-2-3-11-21-15)22-19(25)24(18)14-9-7-13(20)8-10-14/h2-12,17-18H,1H3,(H,22,25). The number of pyridine rings is 1. The predicted molar refractivity (Wildman–Crippen MR) is 99.7 cm³/mol. The van der Waals surface area contributed by atoms with E-state index >= 15 is 0 Å². The molecule has 1 aromatic carbocycles. The molecule has 0 radical (unpaired) electrons. The Labute approximate surface area is 150 Å². The maximum atomic E-state index is 13.4. The van der Waals surface area contributed by atoms with Gasteiger partial charge in [0, 0.05) is 30.8 Å². The Kier molecular flexibility index (Phi) is 3.97. The number of thiocarbonyl (C=S) groups is 1. The van der Waals surface area contributed by atoms with Crippen molar-refractivity contribution in [2.75, 3.05) is 4.90 Å². The summed E-state index contributed by atoms with van der Waals surface area (Å²) >= 11 is 5.61. The second-order valence-corrected chi connectivity index (χ2v) is 6.40. The van der Waals surface area contributed by atoms with Crippen molar-refractivity contribution >= 4 is 23.0 Å².